The van der Waals surface area contributed by atoms with Gasteiger partial charge in [0.25, 0.3) is 0 Å². The maximum absolute atomic E-state index is 7.72. The van der Waals surface area contributed by atoms with Crippen molar-refractivity contribution in [2.24, 2.45) is 4.99 Å². The van der Waals surface area contributed by atoms with Crippen LogP contribution in [0.15, 0.2) is 35.6 Å². The molecular formula is C13H14N4. The van der Waals surface area contributed by atoms with Crippen LogP contribution in [-0.2, 0) is 0 Å². The fourth-order valence-corrected chi connectivity index (χ4v) is 1.65. The lowest BCUT2D eigenvalue weighted by molar-refractivity contribution is 1.30. The van der Waals surface area contributed by atoms with E-state index >= 15 is 0 Å². The van der Waals surface area contributed by atoms with Crippen molar-refractivity contribution in [1.82, 2.24) is 9.97 Å². The molecule has 17 heavy (non-hydrogen) atoms. The molecular weight excluding hydrogens is 212 g/mol. The minimum atomic E-state index is 0.502. The standard InChI is InChI=1S/C13H14N4/c1-3-16-13-11(9(2)14)8-12(17-13)10-4-6-15-7-5-10/h3-8,14,17H,1-2H3. The Hall–Kier alpha value is -2.23. The van der Waals surface area contributed by atoms with Crippen molar-refractivity contribution in [1.29, 1.82) is 5.41 Å². The zero-order valence-electron chi connectivity index (χ0n) is 9.86. The van der Waals surface area contributed by atoms with E-state index in [1.165, 1.54) is 0 Å². The summed E-state index contributed by atoms with van der Waals surface area (Å²) in [6, 6.07) is 5.79. The Kier molecular flexibility index (Phi) is 3.14. The summed E-state index contributed by atoms with van der Waals surface area (Å²) in [5.74, 6) is 0.729. The van der Waals surface area contributed by atoms with E-state index in [2.05, 4.69) is 15.0 Å². The van der Waals surface area contributed by atoms with Gasteiger partial charge < -0.3 is 10.4 Å². The first-order chi connectivity index (χ1) is 8.22. The van der Waals surface area contributed by atoms with Crippen LogP contribution in [0, 0.1) is 5.41 Å². The Labute approximate surface area is 100.0 Å². The van der Waals surface area contributed by atoms with Crippen LogP contribution in [0.2, 0.25) is 0 Å². The van der Waals surface area contributed by atoms with Gasteiger partial charge in [0.15, 0.2) is 0 Å². The van der Waals surface area contributed by atoms with Crippen LogP contribution in [0.4, 0.5) is 5.82 Å². The molecule has 2 N–H and O–H groups in total. The number of aromatic amines is 1. The highest BCUT2D eigenvalue weighted by Gasteiger charge is 2.09. The summed E-state index contributed by atoms with van der Waals surface area (Å²) in [5.41, 5.74) is 3.33. The van der Waals surface area contributed by atoms with Crippen molar-refractivity contribution in [3.63, 3.8) is 0 Å². The average Bonchev–Trinajstić information content (AvgIpc) is 2.75. The van der Waals surface area contributed by atoms with Crippen LogP contribution in [0.3, 0.4) is 0 Å². The lowest BCUT2D eigenvalue weighted by Crippen LogP contribution is -1.88. The Balaban J connectivity index is 2.51. The number of H-pyrrole nitrogens is 1. The Morgan fingerprint density at radius 2 is 2.12 bits per heavy atom. The molecule has 2 aromatic rings. The highest BCUT2D eigenvalue weighted by atomic mass is 14.9. The van der Waals surface area contributed by atoms with Crippen LogP contribution >= 0.6 is 0 Å². The molecule has 0 atom stereocenters. The molecule has 4 nitrogen and oxygen atoms in total. The van der Waals surface area contributed by atoms with Gasteiger partial charge in [0, 0.05) is 41.1 Å². The largest absolute Gasteiger partial charge is 0.339 e. The van der Waals surface area contributed by atoms with Crippen LogP contribution in [-0.4, -0.2) is 21.9 Å². The molecule has 0 bridgehead atoms. The van der Waals surface area contributed by atoms with Crippen LogP contribution in [0.25, 0.3) is 11.3 Å². The molecule has 2 heterocycles. The fraction of sp³-hybridized carbons (Fsp3) is 0.154. The van der Waals surface area contributed by atoms with Crippen molar-refractivity contribution in [3.05, 3.63) is 36.2 Å². The van der Waals surface area contributed by atoms with Crippen molar-refractivity contribution >= 4 is 17.7 Å². The van der Waals surface area contributed by atoms with E-state index in [1.807, 2.05) is 25.1 Å². The smallest absolute Gasteiger partial charge is 0.139 e. The van der Waals surface area contributed by atoms with Gasteiger partial charge >= 0.3 is 0 Å². The van der Waals surface area contributed by atoms with Crippen molar-refractivity contribution in [3.8, 4) is 11.3 Å². The summed E-state index contributed by atoms with van der Waals surface area (Å²) in [7, 11) is 0. The normalized spacial score (nSPS) is 10.9. The van der Waals surface area contributed by atoms with Crippen LogP contribution < -0.4 is 0 Å². The third kappa shape index (κ3) is 2.30. The molecule has 0 spiro atoms. The van der Waals surface area contributed by atoms with Gasteiger partial charge in [-0.25, -0.2) is 4.99 Å². The summed E-state index contributed by atoms with van der Waals surface area (Å²) < 4.78 is 0. The van der Waals surface area contributed by atoms with Gasteiger partial charge in [-0.05, 0) is 32.0 Å². The number of pyridine rings is 1. The van der Waals surface area contributed by atoms with Gasteiger partial charge in [-0.2, -0.15) is 0 Å². The number of rotatable bonds is 3. The number of nitrogens with one attached hydrogen (secondary N) is 2. The molecule has 0 saturated heterocycles. The molecule has 2 rings (SSSR count). The monoisotopic (exact) mass is 226 g/mol. The lowest BCUT2D eigenvalue weighted by Gasteiger charge is -1.95. The molecule has 86 valence electrons. The topological polar surface area (TPSA) is 64.9 Å². The van der Waals surface area contributed by atoms with E-state index in [9.17, 15) is 0 Å². The van der Waals surface area contributed by atoms with Crippen molar-refractivity contribution in [2.75, 3.05) is 0 Å². The fourth-order valence-electron chi connectivity index (χ4n) is 1.65. The molecule has 2 aromatic heterocycles. The quantitative estimate of drug-likeness (QED) is 0.775. The Morgan fingerprint density at radius 3 is 2.71 bits per heavy atom. The minimum Gasteiger partial charge on any atom is -0.339 e. The summed E-state index contributed by atoms with van der Waals surface area (Å²) in [6.07, 6.45) is 5.21. The van der Waals surface area contributed by atoms with E-state index in [0.29, 0.717) is 5.71 Å². The molecule has 0 aromatic carbocycles. The number of hydrogen-bond donors (Lipinski definition) is 2. The first-order valence-corrected chi connectivity index (χ1v) is 5.40. The first kappa shape index (κ1) is 11.3. The van der Waals surface area contributed by atoms with Crippen LogP contribution in [0.1, 0.15) is 19.4 Å². The predicted molar refractivity (Wildman–Crippen MR) is 70.4 cm³/mol. The Morgan fingerprint density at radius 1 is 1.41 bits per heavy atom. The maximum Gasteiger partial charge on any atom is 0.139 e. The number of aromatic nitrogens is 2. The third-order valence-corrected chi connectivity index (χ3v) is 2.45. The van der Waals surface area contributed by atoms with E-state index in [-0.39, 0.29) is 0 Å². The SMILES string of the molecule is CC=Nc1[nH]c(-c2ccncc2)cc1C(C)=N. The number of hydrogen-bond acceptors (Lipinski definition) is 3. The number of nitrogens with zero attached hydrogens (tertiary/aromatic N) is 2. The number of aliphatic imine (C=N–C) groups is 1. The van der Waals surface area contributed by atoms with Gasteiger partial charge in [0.05, 0.1) is 0 Å². The third-order valence-electron chi connectivity index (χ3n) is 2.45. The molecule has 0 aliphatic carbocycles. The molecule has 4 heteroatoms. The molecule has 0 unspecified atom stereocenters. The molecule has 0 fully saturated rings. The minimum absolute atomic E-state index is 0.502. The van der Waals surface area contributed by atoms with Crippen LogP contribution in [0.5, 0.6) is 0 Å². The van der Waals surface area contributed by atoms with Gasteiger partial charge in [-0.15, -0.1) is 0 Å². The van der Waals surface area contributed by atoms with Crippen molar-refractivity contribution in [2.45, 2.75) is 13.8 Å². The zero-order chi connectivity index (χ0) is 12.3. The predicted octanol–water partition coefficient (Wildman–Crippen LogP) is 3.19. The molecule has 0 aliphatic rings. The van der Waals surface area contributed by atoms with Gasteiger partial charge in [-0.1, -0.05) is 0 Å². The first-order valence-electron chi connectivity index (χ1n) is 5.40. The van der Waals surface area contributed by atoms with E-state index in [4.69, 9.17) is 5.41 Å². The summed E-state index contributed by atoms with van der Waals surface area (Å²) in [6.45, 7) is 3.62. The molecule has 0 saturated carbocycles. The highest BCUT2D eigenvalue weighted by molar-refractivity contribution is 6.02. The second-order valence-electron chi connectivity index (χ2n) is 3.69. The van der Waals surface area contributed by atoms with E-state index in [0.717, 1.165) is 22.6 Å². The van der Waals surface area contributed by atoms with Gasteiger partial charge in [0.2, 0.25) is 0 Å². The highest BCUT2D eigenvalue weighted by Crippen LogP contribution is 2.26. The summed E-state index contributed by atoms with van der Waals surface area (Å²) in [5, 5.41) is 7.72. The second kappa shape index (κ2) is 4.74. The zero-order valence-corrected chi connectivity index (χ0v) is 9.86. The average molecular weight is 226 g/mol. The Bertz CT molecular complexity index is 552. The lowest BCUT2D eigenvalue weighted by atomic mass is 10.1. The molecule has 0 radical (unpaired) electrons. The van der Waals surface area contributed by atoms with Crippen molar-refractivity contribution < 1.29 is 0 Å². The molecule has 0 aliphatic heterocycles. The maximum atomic E-state index is 7.72. The summed E-state index contributed by atoms with van der Waals surface area (Å²) >= 11 is 0. The van der Waals surface area contributed by atoms with Gasteiger partial charge in [0.1, 0.15) is 5.82 Å². The van der Waals surface area contributed by atoms with E-state index < -0.39 is 0 Å². The van der Waals surface area contributed by atoms with Gasteiger partial charge in [-0.3, -0.25) is 4.98 Å². The van der Waals surface area contributed by atoms with E-state index in [1.54, 1.807) is 25.5 Å². The molecule has 0 amide bonds. The second-order valence-corrected chi connectivity index (χ2v) is 3.69. The summed E-state index contributed by atoms with van der Waals surface area (Å²) in [4.78, 5) is 11.4.